The van der Waals surface area contributed by atoms with Gasteiger partial charge in [-0.3, -0.25) is 4.18 Å². The van der Waals surface area contributed by atoms with Crippen LogP contribution in [0.2, 0.25) is 0 Å². The monoisotopic (exact) mass is 345 g/mol. The minimum atomic E-state index is -5.08. The van der Waals surface area contributed by atoms with Crippen molar-refractivity contribution in [1.29, 1.82) is 0 Å². The molecule has 1 heterocycles. The smallest absolute Gasteiger partial charge is 0.475 e. The Hall–Kier alpha value is -1.31. The van der Waals surface area contributed by atoms with E-state index in [1.807, 2.05) is 0 Å². The Morgan fingerprint density at radius 2 is 1.86 bits per heavy atom. The summed E-state index contributed by atoms with van der Waals surface area (Å²) in [4.78, 5) is 8.90. The second-order valence-electron chi connectivity index (χ2n) is 4.42. The molecule has 22 heavy (non-hydrogen) atoms. The quantitative estimate of drug-likeness (QED) is 0.450. The lowest BCUT2D eigenvalue weighted by atomic mass is 9.99. The van der Waals surface area contributed by atoms with Gasteiger partial charge in [0.15, 0.2) is 0 Å². The number of aliphatic carboxylic acids is 1. The van der Waals surface area contributed by atoms with Crippen LogP contribution in [0.3, 0.4) is 0 Å². The van der Waals surface area contributed by atoms with Crippen molar-refractivity contribution in [3.8, 4) is 11.8 Å². The van der Waals surface area contributed by atoms with Gasteiger partial charge in [0.25, 0.3) is 10.1 Å². The van der Waals surface area contributed by atoms with E-state index >= 15 is 0 Å². The van der Waals surface area contributed by atoms with Gasteiger partial charge in [0.1, 0.15) is 0 Å². The van der Waals surface area contributed by atoms with E-state index in [2.05, 4.69) is 21.3 Å². The zero-order valence-corrected chi connectivity index (χ0v) is 12.8. The molecule has 1 fully saturated rings. The van der Waals surface area contributed by atoms with Gasteiger partial charge in [0.05, 0.1) is 12.9 Å². The number of hydrogen-bond donors (Lipinski definition) is 2. The highest BCUT2D eigenvalue weighted by Gasteiger charge is 2.38. The normalized spacial score (nSPS) is 16.0. The standard InChI is InChI=1S/C10H17NO3S.C2HF3O2/c1-15(12,13)14-9-3-2-4-10-5-7-11-8-6-10;3-2(4,5)1(6)7/h10-11H,3,5-9H2,1H3;(H,6,7). The highest BCUT2D eigenvalue weighted by Crippen LogP contribution is 2.13. The van der Waals surface area contributed by atoms with Gasteiger partial charge < -0.3 is 10.4 Å². The molecule has 1 aliphatic rings. The van der Waals surface area contributed by atoms with Crippen LogP contribution in [0.1, 0.15) is 19.3 Å². The third kappa shape index (κ3) is 12.4. The van der Waals surface area contributed by atoms with Gasteiger partial charge in [-0.1, -0.05) is 5.92 Å². The molecule has 0 spiro atoms. The summed E-state index contributed by atoms with van der Waals surface area (Å²) >= 11 is 0. The lowest BCUT2D eigenvalue weighted by Gasteiger charge is -2.17. The largest absolute Gasteiger partial charge is 0.490 e. The predicted octanol–water partition coefficient (Wildman–Crippen LogP) is 0.989. The average Bonchev–Trinajstić information content (AvgIpc) is 2.38. The summed E-state index contributed by atoms with van der Waals surface area (Å²) in [6.45, 7) is 2.22. The minimum absolute atomic E-state index is 0.163. The number of carbonyl (C=O) groups is 1. The first-order valence-electron chi connectivity index (χ1n) is 6.36. The molecule has 0 amide bonds. The zero-order chi connectivity index (χ0) is 17.2. The molecule has 0 aromatic heterocycles. The SMILES string of the molecule is CS(=O)(=O)OCCC#CC1CCNCC1.O=C(O)C(F)(F)F. The molecule has 0 aliphatic carbocycles. The van der Waals surface area contributed by atoms with E-state index in [0.717, 1.165) is 32.2 Å². The molecule has 6 nitrogen and oxygen atoms in total. The lowest BCUT2D eigenvalue weighted by Crippen LogP contribution is -2.26. The average molecular weight is 345 g/mol. The van der Waals surface area contributed by atoms with Crippen LogP contribution in [0.25, 0.3) is 0 Å². The van der Waals surface area contributed by atoms with Crippen molar-refractivity contribution in [2.75, 3.05) is 26.0 Å². The zero-order valence-electron chi connectivity index (χ0n) is 11.9. The third-order valence-corrected chi connectivity index (χ3v) is 3.01. The number of piperidine rings is 1. The van der Waals surface area contributed by atoms with Crippen molar-refractivity contribution in [3.05, 3.63) is 0 Å². The van der Waals surface area contributed by atoms with Crippen molar-refractivity contribution in [2.24, 2.45) is 5.92 Å². The fraction of sp³-hybridized carbons (Fsp3) is 0.750. The lowest BCUT2D eigenvalue weighted by molar-refractivity contribution is -0.192. The van der Waals surface area contributed by atoms with E-state index in [1.165, 1.54) is 0 Å². The van der Waals surface area contributed by atoms with E-state index in [-0.39, 0.29) is 6.61 Å². The Balaban J connectivity index is 0.000000534. The van der Waals surface area contributed by atoms with Crippen LogP contribution in [0.5, 0.6) is 0 Å². The van der Waals surface area contributed by atoms with Crippen LogP contribution in [0.15, 0.2) is 0 Å². The van der Waals surface area contributed by atoms with Gasteiger partial charge in [-0.05, 0) is 25.9 Å². The number of rotatable bonds is 3. The van der Waals surface area contributed by atoms with Crippen molar-refractivity contribution in [1.82, 2.24) is 5.32 Å². The third-order valence-electron chi connectivity index (χ3n) is 2.41. The van der Waals surface area contributed by atoms with Crippen molar-refractivity contribution >= 4 is 16.1 Å². The second kappa shape index (κ2) is 9.66. The number of nitrogens with one attached hydrogen (secondary N) is 1. The molecular formula is C12H18F3NO5S. The van der Waals surface area contributed by atoms with E-state index in [1.54, 1.807) is 0 Å². The van der Waals surface area contributed by atoms with Gasteiger partial charge in [0.2, 0.25) is 0 Å². The molecular weight excluding hydrogens is 327 g/mol. The highest BCUT2D eigenvalue weighted by atomic mass is 32.2. The summed E-state index contributed by atoms with van der Waals surface area (Å²) in [5.74, 6) is 3.81. The van der Waals surface area contributed by atoms with Crippen molar-refractivity contribution in [2.45, 2.75) is 25.4 Å². The summed E-state index contributed by atoms with van der Waals surface area (Å²) < 4.78 is 57.5. The summed E-state index contributed by atoms with van der Waals surface area (Å²) in [5, 5.41) is 10.4. The molecule has 2 N–H and O–H groups in total. The Kier molecular flexibility index (Phi) is 9.08. The van der Waals surface area contributed by atoms with Gasteiger partial charge in [-0.25, -0.2) is 4.79 Å². The first-order valence-corrected chi connectivity index (χ1v) is 8.17. The Morgan fingerprint density at radius 1 is 1.36 bits per heavy atom. The molecule has 1 saturated heterocycles. The first kappa shape index (κ1) is 20.7. The van der Waals surface area contributed by atoms with Crippen LogP contribution >= 0.6 is 0 Å². The summed E-state index contributed by atoms with van der Waals surface area (Å²) in [5.41, 5.74) is 0. The van der Waals surface area contributed by atoms with Crippen LogP contribution in [0, 0.1) is 17.8 Å². The summed E-state index contributed by atoms with van der Waals surface area (Å²) in [7, 11) is -3.31. The topological polar surface area (TPSA) is 92.7 Å². The van der Waals surface area contributed by atoms with Crippen LogP contribution in [-0.2, 0) is 19.1 Å². The molecule has 0 aromatic rings. The van der Waals surface area contributed by atoms with E-state index in [0.29, 0.717) is 12.3 Å². The predicted molar refractivity (Wildman–Crippen MR) is 72.5 cm³/mol. The molecule has 10 heteroatoms. The van der Waals surface area contributed by atoms with Crippen LogP contribution in [-0.4, -0.2) is 51.6 Å². The first-order chi connectivity index (χ1) is 10.0. The number of carboxylic acid groups (broad SMARTS) is 1. The molecule has 0 unspecified atom stereocenters. The number of hydrogen-bond acceptors (Lipinski definition) is 5. The fourth-order valence-electron chi connectivity index (χ4n) is 1.43. The van der Waals surface area contributed by atoms with E-state index in [9.17, 15) is 21.6 Å². The maximum Gasteiger partial charge on any atom is 0.490 e. The molecule has 1 rings (SSSR count). The van der Waals surface area contributed by atoms with Crippen molar-refractivity contribution in [3.63, 3.8) is 0 Å². The molecule has 0 radical (unpaired) electrons. The summed E-state index contributed by atoms with van der Waals surface area (Å²) in [6, 6.07) is 0. The number of alkyl halides is 3. The van der Waals surface area contributed by atoms with Crippen LogP contribution < -0.4 is 5.32 Å². The molecule has 0 atom stereocenters. The maximum atomic E-state index is 10.6. The van der Waals surface area contributed by atoms with Gasteiger partial charge in [0, 0.05) is 12.3 Å². The fourth-order valence-corrected chi connectivity index (χ4v) is 1.81. The van der Waals surface area contributed by atoms with Crippen LogP contribution in [0.4, 0.5) is 13.2 Å². The highest BCUT2D eigenvalue weighted by molar-refractivity contribution is 7.85. The van der Waals surface area contributed by atoms with E-state index in [4.69, 9.17) is 9.90 Å². The Bertz CT molecular complexity index is 501. The minimum Gasteiger partial charge on any atom is -0.475 e. The second-order valence-corrected chi connectivity index (χ2v) is 6.07. The Morgan fingerprint density at radius 3 is 2.27 bits per heavy atom. The molecule has 128 valence electrons. The Labute approximate surface area is 127 Å². The summed E-state index contributed by atoms with van der Waals surface area (Å²) in [6.07, 6.45) is -1.38. The number of carboxylic acids is 1. The van der Waals surface area contributed by atoms with Gasteiger partial charge >= 0.3 is 12.1 Å². The molecule has 0 aromatic carbocycles. The van der Waals surface area contributed by atoms with Gasteiger partial charge in [-0.15, -0.1) is 5.92 Å². The molecule has 0 bridgehead atoms. The molecule has 1 aliphatic heterocycles. The van der Waals surface area contributed by atoms with Gasteiger partial charge in [-0.2, -0.15) is 21.6 Å². The molecule has 0 saturated carbocycles. The number of halogens is 3. The van der Waals surface area contributed by atoms with Crippen molar-refractivity contribution < 1.29 is 35.7 Å². The maximum absolute atomic E-state index is 10.6. The van der Waals surface area contributed by atoms with E-state index < -0.39 is 22.3 Å².